The fraction of sp³-hybridized carbons (Fsp3) is 0.227. The number of nitrogens with one attached hydrogen (secondary N) is 1. The molecule has 1 aliphatic heterocycles. The molecule has 1 aromatic heterocycles. The molecule has 8 heteroatoms. The van der Waals surface area contributed by atoms with Crippen LogP contribution in [0.15, 0.2) is 59.6 Å². The summed E-state index contributed by atoms with van der Waals surface area (Å²) in [5, 5.41) is 8.27. The number of aryl methyl sites for hydroxylation is 1. The van der Waals surface area contributed by atoms with Gasteiger partial charge in [0.05, 0.1) is 17.1 Å². The number of carbonyl (C=O) groups is 2. The van der Waals surface area contributed by atoms with Crippen molar-refractivity contribution in [3.05, 3.63) is 66.1 Å². The Morgan fingerprint density at radius 1 is 1.10 bits per heavy atom. The van der Waals surface area contributed by atoms with Gasteiger partial charge >= 0.3 is 0 Å². The van der Waals surface area contributed by atoms with Gasteiger partial charge in [-0.1, -0.05) is 18.2 Å². The minimum Gasteiger partial charge on any atom is -0.326 e. The van der Waals surface area contributed by atoms with E-state index in [1.807, 2.05) is 41.9 Å². The lowest BCUT2D eigenvalue weighted by atomic mass is 10.2. The zero-order chi connectivity index (χ0) is 21.1. The van der Waals surface area contributed by atoms with Crippen molar-refractivity contribution in [1.29, 1.82) is 0 Å². The summed E-state index contributed by atoms with van der Waals surface area (Å²) in [4.78, 5) is 26.8. The van der Waals surface area contributed by atoms with E-state index in [1.165, 1.54) is 24.3 Å². The summed E-state index contributed by atoms with van der Waals surface area (Å²) in [6.07, 6.45) is 0.147. The molecule has 3 aromatic rings. The molecule has 0 fully saturated rings. The maximum absolute atomic E-state index is 13.0. The summed E-state index contributed by atoms with van der Waals surface area (Å²) < 4.78 is 14.8. The molecule has 0 saturated carbocycles. The van der Waals surface area contributed by atoms with Gasteiger partial charge in [-0.2, -0.15) is 5.10 Å². The van der Waals surface area contributed by atoms with Gasteiger partial charge < -0.3 is 10.2 Å². The largest absolute Gasteiger partial charge is 0.326 e. The van der Waals surface area contributed by atoms with Crippen LogP contribution in [-0.4, -0.2) is 33.9 Å². The molecule has 0 saturated heterocycles. The Hall–Kier alpha value is -3.13. The highest BCUT2D eigenvalue weighted by Gasteiger charge is 2.29. The van der Waals surface area contributed by atoms with Gasteiger partial charge in [-0.3, -0.25) is 9.59 Å². The van der Waals surface area contributed by atoms with Crippen LogP contribution >= 0.6 is 11.8 Å². The van der Waals surface area contributed by atoms with Gasteiger partial charge in [-0.05, 0) is 43.3 Å². The molecule has 0 bridgehead atoms. The highest BCUT2D eigenvalue weighted by atomic mass is 32.2. The number of amides is 2. The van der Waals surface area contributed by atoms with Crippen LogP contribution in [0.25, 0.3) is 5.69 Å². The van der Waals surface area contributed by atoms with E-state index in [4.69, 9.17) is 0 Å². The highest BCUT2D eigenvalue weighted by Crippen LogP contribution is 2.39. The van der Waals surface area contributed by atoms with Crippen molar-refractivity contribution in [2.75, 3.05) is 22.5 Å². The van der Waals surface area contributed by atoms with Crippen LogP contribution in [0.1, 0.15) is 18.5 Å². The Morgan fingerprint density at radius 2 is 1.83 bits per heavy atom. The number of hydrogen-bond acceptors (Lipinski definition) is 4. The average molecular weight is 425 g/mol. The zero-order valence-corrected chi connectivity index (χ0v) is 17.3. The van der Waals surface area contributed by atoms with Crippen LogP contribution in [-0.2, 0) is 9.59 Å². The highest BCUT2D eigenvalue weighted by molar-refractivity contribution is 7.99. The molecule has 0 radical (unpaired) electrons. The predicted molar refractivity (Wildman–Crippen MR) is 116 cm³/mol. The normalized spacial score (nSPS) is 13.1. The number of aromatic nitrogens is 2. The number of fused-ring (bicyclic) bond motifs is 1. The molecule has 0 unspecified atom stereocenters. The van der Waals surface area contributed by atoms with E-state index in [0.717, 1.165) is 27.8 Å². The summed E-state index contributed by atoms with van der Waals surface area (Å²) >= 11 is 1.68. The summed E-state index contributed by atoms with van der Waals surface area (Å²) in [5.74, 6) is 0.00605. The second kappa shape index (κ2) is 8.71. The molecular weight excluding hydrogens is 403 g/mol. The Kier molecular flexibility index (Phi) is 5.85. The standard InChI is InChI=1S/C22H21FN4O2S/c1-15-21-22(27(25-15)18-5-3-2-4-6-18)30-14-13-26(21)20(29)12-11-19(28)24-17-9-7-16(23)8-10-17/h2-10H,11-14H2,1H3,(H,24,28). The van der Waals surface area contributed by atoms with Gasteiger partial charge in [0.1, 0.15) is 10.8 Å². The van der Waals surface area contributed by atoms with E-state index in [9.17, 15) is 14.0 Å². The number of nitrogens with zero attached hydrogens (tertiary/aromatic N) is 3. The molecule has 2 heterocycles. The Balaban J connectivity index is 1.45. The molecule has 30 heavy (non-hydrogen) atoms. The van der Waals surface area contributed by atoms with E-state index >= 15 is 0 Å². The topological polar surface area (TPSA) is 67.2 Å². The van der Waals surface area contributed by atoms with Crippen LogP contribution in [0.4, 0.5) is 15.8 Å². The zero-order valence-electron chi connectivity index (χ0n) is 16.5. The lowest BCUT2D eigenvalue weighted by molar-refractivity contribution is -0.122. The van der Waals surface area contributed by atoms with Crippen molar-refractivity contribution in [2.45, 2.75) is 24.8 Å². The minimum absolute atomic E-state index is 0.0566. The summed E-state index contributed by atoms with van der Waals surface area (Å²) in [7, 11) is 0. The maximum Gasteiger partial charge on any atom is 0.227 e. The van der Waals surface area contributed by atoms with Crippen LogP contribution < -0.4 is 10.2 Å². The summed E-state index contributed by atoms with van der Waals surface area (Å²) in [6, 6.07) is 15.4. The predicted octanol–water partition coefficient (Wildman–Crippen LogP) is 4.18. The van der Waals surface area contributed by atoms with Crippen molar-refractivity contribution < 1.29 is 14.0 Å². The molecule has 0 spiro atoms. The first-order valence-corrected chi connectivity index (χ1v) is 10.6. The second-order valence-electron chi connectivity index (χ2n) is 6.94. The van der Waals surface area contributed by atoms with Crippen LogP contribution in [0.2, 0.25) is 0 Å². The number of anilines is 2. The van der Waals surface area contributed by atoms with E-state index in [0.29, 0.717) is 12.2 Å². The number of carbonyl (C=O) groups excluding carboxylic acids is 2. The van der Waals surface area contributed by atoms with Crippen molar-refractivity contribution in [2.24, 2.45) is 0 Å². The van der Waals surface area contributed by atoms with Crippen molar-refractivity contribution >= 4 is 35.0 Å². The molecule has 0 aliphatic carbocycles. The monoisotopic (exact) mass is 424 g/mol. The molecule has 0 atom stereocenters. The van der Waals surface area contributed by atoms with E-state index < -0.39 is 0 Å². The van der Waals surface area contributed by atoms with Crippen LogP contribution in [0, 0.1) is 12.7 Å². The molecule has 6 nitrogen and oxygen atoms in total. The molecular formula is C22H21FN4O2S. The number of para-hydroxylation sites is 1. The average Bonchev–Trinajstić information content (AvgIpc) is 3.11. The molecule has 4 rings (SSSR count). The van der Waals surface area contributed by atoms with Crippen molar-refractivity contribution in [1.82, 2.24) is 9.78 Å². The van der Waals surface area contributed by atoms with Crippen molar-refractivity contribution in [3.8, 4) is 5.69 Å². The second-order valence-corrected chi connectivity index (χ2v) is 8.02. The first kappa shape index (κ1) is 20.2. The van der Waals surface area contributed by atoms with Gasteiger partial charge in [-0.25, -0.2) is 9.07 Å². The Morgan fingerprint density at radius 3 is 2.57 bits per heavy atom. The third-order valence-electron chi connectivity index (χ3n) is 4.81. The fourth-order valence-corrected chi connectivity index (χ4v) is 4.52. The maximum atomic E-state index is 13.0. The smallest absolute Gasteiger partial charge is 0.227 e. The number of thioether (sulfide) groups is 1. The molecule has 1 aliphatic rings. The van der Waals surface area contributed by atoms with Gasteiger partial charge in [0.25, 0.3) is 0 Å². The van der Waals surface area contributed by atoms with E-state index in [1.54, 1.807) is 16.7 Å². The third-order valence-corrected chi connectivity index (χ3v) is 5.83. The first-order chi connectivity index (χ1) is 14.5. The van der Waals surface area contributed by atoms with Crippen LogP contribution in [0.5, 0.6) is 0 Å². The number of halogens is 1. The Bertz CT molecular complexity index is 1070. The van der Waals surface area contributed by atoms with E-state index in [-0.39, 0.29) is 30.5 Å². The molecule has 1 N–H and O–H groups in total. The fourth-order valence-electron chi connectivity index (χ4n) is 3.39. The molecule has 2 aromatic carbocycles. The van der Waals surface area contributed by atoms with Gasteiger partial charge in [0, 0.05) is 30.8 Å². The van der Waals surface area contributed by atoms with Gasteiger partial charge in [0.15, 0.2) is 0 Å². The quantitative estimate of drug-likeness (QED) is 0.667. The molecule has 2 amide bonds. The third kappa shape index (κ3) is 4.23. The lowest BCUT2D eigenvalue weighted by Crippen LogP contribution is -2.36. The number of rotatable bonds is 5. The lowest BCUT2D eigenvalue weighted by Gasteiger charge is -2.27. The first-order valence-electron chi connectivity index (χ1n) is 9.66. The van der Waals surface area contributed by atoms with Gasteiger partial charge in [0.2, 0.25) is 11.8 Å². The summed E-state index contributed by atoms with van der Waals surface area (Å²) in [6.45, 7) is 2.48. The molecule has 154 valence electrons. The van der Waals surface area contributed by atoms with Crippen LogP contribution in [0.3, 0.4) is 0 Å². The number of hydrogen-bond donors (Lipinski definition) is 1. The SMILES string of the molecule is Cc1nn(-c2ccccc2)c2c1N(C(=O)CCC(=O)Nc1ccc(F)cc1)CCS2. The Labute approximate surface area is 178 Å². The van der Waals surface area contributed by atoms with Gasteiger partial charge in [-0.15, -0.1) is 11.8 Å². The summed E-state index contributed by atoms with van der Waals surface area (Å²) in [5.41, 5.74) is 3.05. The minimum atomic E-state index is -0.367. The van der Waals surface area contributed by atoms with E-state index in [2.05, 4.69) is 10.4 Å². The van der Waals surface area contributed by atoms with Crippen molar-refractivity contribution in [3.63, 3.8) is 0 Å². The number of benzene rings is 2.